The zero-order valence-corrected chi connectivity index (χ0v) is 11.9. The van der Waals surface area contributed by atoms with Crippen molar-refractivity contribution in [2.45, 2.75) is 6.92 Å². The van der Waals surface area contributed by atoms with Gasteiger partial charge in [0.1, 0.15) is 0 Å². The second-order valence-electron chi connectivity index (χ2n) is 4.96. The minimum atomic E-state index is -0.0810. The first-order valence-electron chi connectivity index (χ1n) is 6.70. The normalized spacial score (nSPS) is 10.6. The molecule has 0 spiro atoms. The van der Waals surface area contributed by atoms with Crippen molar-refractivity contribution in [3.05, 3.63) is 66.1 Å². The van der Waals surface area contributed by atoms with E-state index in [1.807, 2.05) is 43.3 Å². The van der Waals surface area contributed by atoms with Crippen LogP contribution in [0.5, 0.6) is 0 Å². The third kappa shape index (κ3) is 2.48. The molecule has 21 heavy (non-hydrogen) atoms. The van der Waals surface area contributed by atoms with E-state index in [1.54, 1.807) is 30.5 Å². The van der Waals surface area contributed by atoms with Crippen LogP contribution < -0.4 is 4.90 Å². The number of pyridine rings is 2. The molecule has 0 saturated carbocycles. The molecule has 104 valence electrons. The monoisotopic (exact) mass is 277 g/mol. The number of carbonyl (C=O) groups excluding carboxylic acids is 1. The predicted molar refractivity (Wildman–Crippen MR) is 83.5 cm³/mol. The summed E-state index contributed by atoms with van der Waals surface area (Å²) in [5.41, 5.74) is 3.26. The third-order valence-corrected chi connectivity index (χ3v) is 3.41. The summed E-state index contributed by atoms with van der Waals surface area (Å²) in [7, 11) is 1.77. The maximum atomic E-state index is 12.6. The number of hydrogen-bond donors (Lipinski definition) is 0. The van der Waals surface area contributed by atoms with Crippen molar-refractivity contribution < 1.29 is 4.79 Å². The van der Waals surface area contributed by atoms with Gasteiger partial charge in [-0.05, 0) is 42.8 Å². The average molecular weight is 277 g/mol. The Morgan fingerprint density at radius 3 is 2.81 bits per heavy atom. The molecule has 3 aromatic rings. The molecule has 0 aliphatic heterocycles. The van der Waals surface area contributed by atoms with Gasteiger partial charge in [0.15, 0.2) is 0 Å². The molecule has 2 heterocycles. The Hall–Kier alpha value is -2.75. The van der Waals surface area contributed by atoms with Crippen molar-refractivity contribution in [3.63, 3.8) is 0 Å². The predicted octanol–water partition coefficient (Wildman–Crippen LogP) is 3.21. The van der Waals surface area contributed by atoms with E-state index in [9.17, 15) is 4.79 Å². The summed E-state index contributed by atoms with van der Waals surface area (Å²) in [6.45, 7) is 1.92. The molecule has 1 aromatic carbocycles. The van der Waals surface area contributed by atoms with E-state index in [0.717, 1.165) is 22.2 Å². The Morgan fingerprint density at radius 1 is 1.14 bits per heavy atom. The quantitative estimate of drug-likeness (QED) is 0.722. The smallest absolute Gasteiger partial charge is 0.259 e. The number of carbonyl (C=O) groups is 1. The molecular formula is C17H15N3O. The minimum Gasteiger partial charge on any atom is -0.311 e. The Bertz CT molecular complexity index is 808. The largest absolute Gasteiger partial charge is 0.311 e. The highest BCUT2D eigenvalue weighted by Gasteiger charge is 2.16. The van der Waals surface area contributed by atoms with E-state index in [-0.39, 0.29) is 5.91 Å². The van der Waals surface area contributed by atoms with E-state index in [1.165, 1.54) is 0 Å². The summed E-state index contributed by atoms with van der Waals surface area (Å²) < 4.78 is 0. The topological polar surface area (TPSA) is 46.1 Å². The molecular weight excluding hydrogens is 262 g/mol. The molecule has 0 aliphatic rings. The van der Waals surface area contributed by atoms with E-state index in [2.05, 4.69) is 9.97 Å². The van der Waals surface area contributed by atoms with Crippen LogP contribution >= 0.6 is 0 Å². The lowest BCUT2D eigenvalue weighted by atomic mass is 10.1. The van der Waals surface area contributed by atoms with Crippen LogP contribution in [0.25, 0.3) is 10.9 Å². The first-order valence-corrected chi connectivity index (χ1v) is 6.70. The summed E-state index contributed by atoms with van der Waals surface area (Å²) in [6, 6.07) is 11.4. The maximum Gasteiger partial charge on any atom is 0.259 e. The summed E-state index contributed by atoms with van der Waals surface area (Å²) >= 11 is 0. The van der Waals surface area contributed by atoms with Gasteiger partial charge in [-0.25, -0.2) is 0 Å². The van der Waals surface area contributed by atoms with Crippen molar-refractivity contribution in [2.75, 3.05) is 11.9 Å². The number of hydrogen-bond acceptors (Lipinski definition) is 3. The standard InChI is InChI=1S/C17H15N3O/c1-12-9-13(11-18-10-12)17(21)20(2)16-7-3-6-15-14(16)5-4-8-19-15/h3-11H,1-2H3. The number of nitrogens with zero attached hydrogens (tertiary/aromatic N) is 3. The Kier molecular flexibility index (Phi) is 3.36. The first kappa shape index (κ1) is 13.2. The fraction of sp³-hybridized carbons (Fsp3) is 0.118. The fourth-order valence-electron chi connectivity index (χ4n) is 2.35. The van der Waals surface area contributed by atoms with E-state index < -0.39 is 0 Å². The minimum absolute atomic E-state index is 0.0810. The van der Waals surface area contributed by atoms with E-state index in [0.29, 0.717) is 5.56 Å². The zero-order valence-electron chi connectivity index (χ0n) is 11.9. The van der Waals surface area contributed by atoms with Crippen LogP contribution in [0.4, 0.5) is 5.69 Å². The molecule has 0 aliphatic carbocycles. The van der Waals surface area contributed by atoms with Gasteiger partial charge in [0.25, 0.3) is 5.91 Å². The van der Waals surface area contributed by atoms with Gasteiger partial charge >= 0.3 is 0 Å². The van der Waals surface area contributed by atoms with Gasteiger partial charge in [-0.15, -0.1) is 0 Å². The molecule has 4 heteroatoms. The van der Waals surface area contributed by atoms with Gasteiger partial charge < -0.3 is 4.90 Å². The van der Waals surface area contributed by atoms with Crippen LogP contribution in [0.3, 0.4) is 0 Å². The SMILES string of the molecule is Cc1cncc(C(=O)N(C)c2cccc3ncccc23)c1. The zero-order chi connectivity index (χ0) is 14.8. The van der Waals surface area contributed by atoms with Crippen LogP contribution in [0.1, 0.15) is 15.9 Å². The van der Waals surface area contributed by atoms with Gasteiger partial charge in [-0.2, -0.15) is 0 Å². The van der Waals surface area contributed by atoms with Crippen LogP contribution in [-0.2, 0) is 0 Å². The van der Waals surface area contributed by atoms with Crippen molar-refractivity contribution in [1.29, 1.82) is 0 Å². The molecule has 0 atom stereocenters. The van der Waals surface area contributed by atoms with E-state index >= 15 is 0 Å². The van der Waals surface area contributed by atoms with Crippen molar-refractivity contribution in [1.82, 2.24) is 9.97 Å². The van der Waals surface area contributed by atoms with Crippen LogP contribution in [0.2, 0.25) is 0 Å². The number of benzene rings is 1. The number of rotatable bonds is 2. The molecule has 0 saturated heterocycles. The summed E-state index contributed by atoms with van der Waals surface area (Å²) in [6.07, 6.45) is 5.08. The lowest BCUT2D eigenvalue weighted by molar-refractivity contribution is 0.0993. The number of aromatic nitrogens is 2. The number of aryl methyl sites for hydroxylation is 1. The Morgan fingerprint density at radius 2 is 2.00 bits per heavy atom. The lowest BCUT2D eigenvalue weighted by Crippen LogP contribution is -2.26. The first-order chi connectivity index (χ1) is 10.2. The van der Waals surface area contributed by atoms with Gasteiger partial charge in [-0.3, -0.25) is 14.8 Å². The van der Waals surface area contributed by atoms with Gasteiger partial charge in [-0.1, -0.05) is 6.07 Å². The van der Waals surface area contributed by atoms with Crippen molar-refractivity contribution in [3.8, 4) is 0 Å². The molecule has 1 amide bonds. The highest BCUT2D eigenvalue weighted by molar-refractivity contribution is 6.09. The Labute approximate surface area is 123 Å². The highest BCUT2D eigenvalue weighted by atomic mass is 16.2. The lowest BCUT2D eigenvalue weighted by Gasteiger charge is -2.19. The second-order valence-corrected chi connectivity index (χ2v) is 4.96. The fourth-order valence-corrected chi connectivity index (χ4v) is 2.35. The molecule has 0 fully saturated rings. The summed E-state index contributed by atoms with van der Waals surface area (Å²) in [5.74, 6) is -0.0810. The van der Waals surface area contributed by atoms with E-state index in [4.69, 9.17) is 0 Å². The maximum absolute atomic E-state index is 12.6. The Balaban J connectivity index is 2.04. The molecule has 0 unspecified atom stereocenters. The van der Waals surface area contributed by atoms with Crippen LogP contribution in [-0.4, -0.2) is 22.9 Å². The van der Waals surface area contributed by atoms with Crippen molar-refractivity contribution >= 4 is 22.5 Å². The van der Waals surface area contributed by atoms with Crippen molar-refractivity contribution in [2.24, 2.45) is 0 Å². The highest BCUT2D eigenvalue weighted by Crippen LogP contribution is 2.25. The third-order valence-electron chi connectivity index (χ3n) is 3.41. The molecule has 0 bridgehead atoms. The molecule has 4 nitrogen and oxygen atoms in total. The van der Waals surface area contributed by atoms with Crippen LogP contribution in [0, 0.1) is 6.92 Å². The molecule has 3 rings (SSSR count). The molecule has 0 N–H and O–H groups in total. The molecule has 0 radical (unpaired) electrons. The molecule has 2 aromatic heterocycles. The second kappa shape index (κ2) is 5.32. The number of amides is 1. The van der Waals surface area contributed by atoms with Crippen LogP contribution in [0.15, 0.2) is 55.0 Å². The number of fused-ring (bicyclic) bond motifs is 1. The summed E-state index contributed by atoms with van der Waals surface area (Å²) in [5, 5.41) is 0.955. The van der Waals surface area contributed by atoms with Gasteiger partial charge in [0.2, 0.25) is 0 Å². The van der Waals surface area contributed by atoms with Gasteiger partial charge in [0, 0.05) is 31.0 Å². The average Bonchev–Trinajstić information content (AvgIpc) is 2.53. The summed E-state index contributed by atoms with van der Waals surface area (Å²) in [4.78, 5) is 22.6. The van der Waals surface area contributed by atoms with Gasteiger partial charge in [0.05, 0.1) is 16.8 Å². The number of anilines is 1.